The van der Waals surface area contributed by atoms with Gasteiger partial charge in [-0.15, -0.1) is 0 Å². The normalized spacial score (nSPS) is 12.0. The number of rotatable bonds is 4. The molecule has 0 amide bonds. The molecule has 0 aromatic carbocycles. The second-order valence-corrected chi connectivity index (χ2v) is 3.44. The third kappa shape index (κ3) is 7.97. The first-order valence-corrected chi connectivity index (χ1v) is 4.46. The first-order chi connectivity index (χ1) is 4.06. The van der Waals surface area contributed by atoms with Crippen molar-refractivity contribution >= 4 is 9.08 Å². The molecule has 0 bridgehead atoms. The highest BCUT2D eigenvalue weighted by atomic mass is 28.5. The maximum atomic E-state index is 11.5. The number of ether oxygens (including phenoxy) is 1. The monoisotopic (exact) mass is 158 g/mol. The van der Waals surface area contributed by atoms with Gasteiger partial charge in [0, 0.05) is 19.8 Å². The van der Waals surface area contributed by atoms with Crippen molar-refractivity contribution in [3.63, 3.8) is 0 Å². The van der Waals surface area contributed by atoms with Crippen LogP contribution in [0.3, 0.4) is 0 Å². The van der Waals surface area contributed by atoms with Crippen molar-refractivity contribution in [1.29, 1.82) is 0 Å². The molecular formula is C4H9F3OSi. The largest absolute Gasteiger partial charge is 0.616 e. The highest BCUT2D eigenvalue weighted by Crippen LogP contribution is 2.16. The molecule has 0 heterocycles. The highest BCUT2D eigenvalue weighted by molar-refractivity contribution is 6.58. The third-order valence-electron chi connectivity index (χ3n) is 0.809. The summed E-state index contributed by atoms with van der Waals surface area (Å²) in [5.74, 6) is 0. The summed E-state index contributed by atoms with van der Waals surface area (Å²) < 4.78 is 38.8. The van der Waals surface area contributed by atoms with Gasteiger partial charge in [-0.2, -0.15) is 0 Å². The Labute approximate surface area is 53.3 Å². The molecule has 0 spiro atoms. The van der Waals surface area contributed by atoms with Crippen LogP contribution in [0.15, 0.2) is 0 Å². The quantitative estimate of drug-likeness (QED) is 0.345. The van der Waals surface area contributed by atoms with E-state index >= 15 is 0 Å². The maximum absolute atomic E-state index is 11.5. The van der Waals surface area contributed by atoms with E-state index in [4.69, 9.17) is 0 Å². The van der Waals surface area contributed by atoms with E-state index in [1.807, 2.05) is 0 Å². The lowest BCUT2D eigenvalue weighted by Crippen LogP contribution is -2.14. The van der Waals surface area contributed by atoms with Crippen molar-refractivity contribution in [2.45, 2.75) is 12.5 Å². The van der Waals surface area contributed by atoms with Crippen LogP contribution in [0.5, 0.6) is 0 Å². The van der Waals surface area contributed by atoms with Crippen LogP contribution in [0.25, 0.3) is 0 Å². The van der Waals surface area contributed by atoms with Crippen LogP contribution in [0, 0.1) is 0 Å². The first-order valence-electron chi connectivity index (χ1n) is 2.62. The van der Waals surface area contributed by atoms with E-state index in [0.717, 1.165) is 0 Å². The molecule has 0 saturated carbocycles. The predicted molar refractivity (Wildman–Crippen MR) is 30.4 cm³/mol. The molecule has 0 radical (unpaired) electrons. The number of hydrogen-bond donors (Lipinski definition) is 0. The van der Waals surface area contributed by atoms with Gasteiger partial charge < -0.3 is 4.74 Å². The van der Waals surface area contributed by atoms with Crippen molar-refractivity contribution in [3.8, 4) is 0 Å². The zero-order valence-electron chi connectivity index (χ0n) is 5.16. The van der Waals surface area contributed by atoms with Gasteiger partial charge in [0.15, 0.2) is 0 Å². The summed E-state index contributed by atoms with van der Waals surface area (Å²) in [5, 5.41) is 0. The fourth-order valence-electron chi connectivity index (χ4n) is 0.417. The predicted octanol–water partition coefficient (Wildman–Crippen LogP) is 1.87. The lowest BCUT2D eigenvalue weighted by molar-refractivity contribution is 0.196. The Bertz CT molecular complexity index is 72.7. The average molecular weight is 158 g/mol. The zero-order chi connectivity index (χ0) is 7.33. The Hall–Kier alpha value is -0.0331. The van der Waals surface area contributed by atoms with E-state index in [1.165, 1.54) is 7.11 Å². The molecule has 0 atom stereocenters. The number of halogens is 3. The number of hydrogen-bond acceptors (Lipinski definition) is 1. The van der Waals surface area contributed by atoms with Crippen molar-refractivity contribution in [2.24, 2.45) is 0 Å². The van der Waals surface area contributed by atoms with Crippen LogP contribution in [-0.2, 0) is 4.74 Å². The third-order valence-corrected chi connectivity index (χ3v) is 1.73. The highest BCUT2D eigenvalue weighted by Gasteiger charge is 2.35. The molecule has 0 unspecified atom stereocenters. The van der Waals surface area contributed by atoms with Gasteiger partial charge >= 0.3 is 9.08 Å². The lowest BCUT2D eigenvalue weighted by atomic mass is 10.5. The molecule has 0 aliphatic heterocycles. The van der Waals surface area contributed by atoms with Crippen LogP contribution in [0.4, 0.5) is 12.3 Å². The van der Waals surface area contributed by atoms with Crippen molar-refractivity contribution in [2.75, 3.05) is 13.7 Å². The van der Waals surface area contributed by atoms with E-state index < -0.39 is 15.1 Å². The molecule has 1 nitrogen and oxygen atoms in total. The van der Waals surface area contributed by atoms with Crippen LogP contribution >= 0.6 is 0 Å². The van der Waals surface area contributed by atoms with E-state index in [1.54, 1.807) is 0 Å². The van der Waals surface area contributed by atoms with Gasteiger partial charge in [-0.05, 0) is 6.42 Å². The molecule has 56 valence electrons. The Balaban J connectivity index is 3.07. The summed E-state index contributed by atoms with van der Waals surface area (Å²) >= 11 is 0. The van der Waals surface area contributed by atoms with Crippen molar-refractivity contribution < 1.29 is 17.1 Å². The van der Waals surface area contributed by atoms with Gasteiger partial charge in [-0.25, -0.2) is 12.3 Å². The second kappa shape index (κ2) is 3.89. The molecule has 0 aliphatic carbocycles. The van der Waals surface area contributed by atoms with E-state index in [-0.39, 0.29) is 13.0 Å². The summed E-state index contributed by atoms with van der Waals surface area (Å²) in [6.45, 7) is 0.215. The SMILES string of the molecule is COCCC[Si](F)(F)F. The first kappa shape index (κ1) is 8.97. The molecule has 0 aromatic heterocycles. The van der Waals surface area contributed by atoms with Crippen molar-refractivity contribution in [3.05, 3.63) is 0 Å². The molecule has 0 aromatic rings. The maximum Gasteiger partial charge on any atom is 0.616 e. The van der Waals surface area contributed by atoms with Gasteiger partial charge in [0.05, 0.1) is 0 Å². The van der Waals surface area contributed by atoms with Crippen LogP contribution < -0.4 is 0 Å². The summed E-state index contributed by atoms with van der Waals surface area (Å²) in [4.78, 5) is 0. The summed E-state index contributed by atoms with van der Waals surface area (Å²) in [5.41, 5.74) is 0. The molecule has 0 aliphatic rings. The lowest BCUT2D eigenvalue weighted by Gasteiger charge is -1.99. The topological polar surface area (TPSA) is 9.23 Å². The molecule has 9 heavy (non-hydrogen) atoms. The van der Waals surface area contributed by atoms with Crippen LogP contribution in [-0.4, -0.2) is 22.8 Å². The molecule has 0 N–H and O–H groups in total. The summed E-state index contributed by atoms with van der Waals surface area (Å²) in [6, 6.07) is -0.610. The van der Waals surface area contributed by atoms with E-state index in [0.29, 0.717) is 0 Å². The number of methoxy groups -OCH3 is 1. The Morgan fingerprint density at radius 2 is 1.89 bits per heavy atom. The van der Waals surface area contributed by atoms with Gasteiger partial charge in [-0.1, -0.05) is 0 Å². The fourth-order valence-corrected chi connectivity index (χ4v) is 0.962. The van der Waals surface area contributed by atoms with E-state index in [2.05, 4.69) is 4.74 Å². The standard InChI is InChI=1S/C4H9F3OSi/c1-8-3-2-4-9(5,6)7/h2-4H2,1H3. The van der Waals surface area contributed by atoms with Crippen LogP contribution in [0.1, 0.15) is 6.42 Å². The molecule has 5 heteroatoms. The molecule has 0 saturated heterocycles. The Morgan fingerprint density at radius 1 is 1.33 bits per heavy atom. The van der Waals surface area contributed by atoms with Crippen molar-refractivity contribution in [1.82, 2.24) is 0 Å². The summed E-state index contributed by atoms with van der Waals surface area (Å²) in [6.07, 6.45) is 0.117. The Morgan fingerprint density at radius 3 is 2.22 bits per heavy atom. The minimum Gasteiger partial charge on any atom is -0.385 e. The minimum atomic E-state index is -5.27. The molecule has 0 rings (SSSR count). The van der Waals surface area contributed by atoms with Gasteiger partial charge in [0.25, 0.3) is 0 Å². The Kier molecular flexibility index (Phi) is 3.88. The molecular weight excluding hydrogens is 149 g/mol. The summed E-state index contributed by atoms with van der Waals surface area (Å²) in [7, 11) is -3.87. The average Bonchev–Trinajstić information content (AvgIpc) is 1.63. The minimum absolute atomic E-state index is 0.117. The fraction of sp³-hybridized carbons (Fsp3) is 1.00. The van der Waals surface area contributed by atoms with E-state index in [9.17, 15) is 12.3 Å². The zero-order valence-corrected chi connectivity index (χ0v) is 6.16. The second-order valence-electron chi connectivity index (χ2n) is 1.71. The van der Waals surface area contributed by atoms with Gasteiger partial charge in [-0.3, -0.25) is 0 Å². The van der Waals surface area contributed by atoms with Gasteiger partial charge in [0.1, 0.15) is 0 Å². The smallest absolute Gasteiger partial charge is 0.385 e. The van der Waals surface area contributed by atoms with Gasteiger partial charge in [0.2, 0.25) is 0 Å². The molecule has 0 fully saturated rings. The van der Waals surface area contributed by atoms with Crippen LogP contribution in [0.2, 0.25) is 6.04 Å².